The lowest BCUT2D eigenvalue weighted by Crippen LogP contribution is -2.28. The van der Waals surface area contributed by atoms with Crippen LogP contribution in [0.15, 0.2) is 47.5 Å². The van der Waals surface area contributed by atoms with Crippen LogP contribution in [-0.4, -0.2) is 25.9 Å². The van der Waals surface area contributed by atoms with E-state index in [-0.39, 0.29) is 10.9 Å². The molecular weight excluding hydrogens is 345 g/mol. The zero-order valence-corrected chi connectivity index (χ0v) is 13.6. The van der Waals surface area contributed by atoms with Gasteiger partial charge in [-0.3, -0.25) is 19.4 Å². The van der Waals surface area contributed by atoms with E-state index in [4.69, 9.17) is 0 Å². The van der Waals surface area contributed by atoms with Crippen LogP contribution in [0.1, 0.15) is 5.56 Å². The van der Waals surface area contributed by atoms with Crippen molar-refractivity contribution >= 4 is 21.8 Å². The second-order valence-corrected chi connectivity index (χ2v) is 6.12. The highest BCUT2D eigenvalue weighted by molar-refractivity contribution is 6.04. The van der Waals surface area contributed by atoms with Gasteiger partial charge in [-0.25, -0.2) is 0 Å². The number of hydrogen-bond donors (Lipinski definition) is 1. The van der Waals surface area contributed by atoms with Crippen molar-refractivity contribution in [2.75, 3.05) is 0 Å². The smallest absolute Gasteiger partial charge is 0.298 e. The average Bonchev–Trinajstić information content (AvgIpc) is 3.07. The van der Waals surface area contributed by atoms with Crippen LogP contribution in [0, 0.1) is 6.92 Å². The van der Waals surface area contributed by atoms with Crippen LogP contribution in [0.5, 0.6) is 0 Å². The molecule has 132 valence electrons. The van der Waals surface area contributed by atoms with Gasteiger partial charge in [0.25, 0.3) is 5.56 Å². The van der Waals surface area contributed by atoms with Crippen molar-refractivity contribution < 1.29 is 13.2 Å². The Morgan fingerprint density at radius 1 is 1.15 bits per heavy atom. The van der Waals surface area contributed by atoms with Crippen LogP contribution in [0.4, 0.5) is 13.2 Å². The molecule has 0 bridgehead atoms. The molecule has 0 spiro atoms. The van der Waals surface area contributed by atoms with E-state index in [0.717, 1.165) is 10.1 Å². The summed E-state index contributed by atoms with van der Waals surface area (Å²) in [4.78, 5) is 16.8. The number of hydrogen-bond acceptors (Lipinski definition) is 3. The normalized spacial score (nSPS) is 12.2. The van der Waals surface area contributed by atoms with E-state index in [1.165, 1.54) is 6.20 Å². The van der Waals surface area contributed by atoms with Crippen LogP contribution < -0.4 is 5.56 Å². The maximum absolute atomic E-state index is 13.1. The molecule has 0 amide bonds. The highest BCUT2D eigenvalue weighted by atomic mass is 19.4. The molecule has 0 fully saturated rings. The molecule has 0 unspecified atom stereocenters. The standard InChI is InChI=1S/C18H13F3N4O/c1-10-4-5-22-14(6-10)11-2-3-12-15(7-11)25(9-18(19,20)21)17(26)13-8-23-24-16(12)13/h2-8H,9H2,1H3,(H,23,24). The van der Waals surface area contributed by atoms with Gasteiger partial charge in [0.1, 0.15) is 6.54 Å². The first-order chi connectivity index (χ1) is 12.3. The quantitative estimate of drug-likeness (QED) is 0.593. The summed E-state index contributed by atoms with van der Waals surface area (Å²) in [5.41, 5.74) is 2.12. The fourth-order valence-corrected chi connectivity index (χ4v) is 3.06. The lowest BCUT2D eigenvalue weighted by Gasteiger charge is -2.14. The fraction of sp³-hybridized carbons (Fsp3) is 0.167. The van der Waals surface area contributed by atoms with Crippen molar-refractivity contribution in [3.05, 3.63) is 58.6 Å². The monoisotopic (exact) mass is 358 g/mol. The maximum Gasteiger partial charge on any atom is 0.406 e. The Morgan fingerprint density at radius 2 is 1.96 bits per heavy atom. The van der Waals surface area contributed by atoms with Crippen LogP contribution in [-0.2, 0) is 6.54 Å². The Hall–Kier alpha value is -3.16. The first-order valence-electron chi connectivity index (χ1n) is 7.83. The van der Waals surface area contributed by atoms with Gasteiger partial charge >= 0.3 is 6.18 Å². The number of aromatic nitrogens is 4. The van der Waals surface area contributed by atoms with Gasteiger partial charge in [0, 0.05) is 17.1 Å². The number of pyridine rings is 2. The molecule has 0 aliphatic rings. The molecule has 5 nitrogen and oxygen atoms in total. The zero-order valence-electron chi connectivity index (χ0n) is 13.6. The third-order valence-electron chi connectivity index (χ3n) is 4.22. The number of nitrogens with zero attached hydrogens (tertiary/aromatic N) is 3. The average molecular weight is 358 g/mol. The first-order valence-corrected chi connectivity index (χ1v) is 7.83. The van der Waals surface area contributed by atoms with Crippen LogP contribution in [0.25, 0.3) is 33.1 Å². The van der Waals surface area contributed by atoms with Gasteiger partial charge in [0.2, 0.25) is 0 Å². The van der Waals surface area contributed by atoms with E-state index < -0.39 is 18.3 Å². The Balaban J connectivity index is 2.05. The van der Waals surface area contributed by atoms with Gasteiger partial charge in [-0.05, 0) is 30.7 Å². The highest BCUT2D eigenvalue weighted by Gasteiger charge is 2.30. The molecule has 0 aliphatic heterocycles. The van der Waals surface area contributed by atoms with Crippen LogP contribution >= 0.6 is 0 Å². The van der Waals surface area contributed by atoms with E-state index in [1.807, 2.05) is 19.1 Å². The van der Waals surface area contributed by atoms with E-state index in [9.17, 15) is 18.0 Å². The van der Waals surface area contributed by atoms with Crippen molar-refractivity contribution in [3.8, 4) is 11.3 Å². The molecule has 0 radical (unpaired) electrons. The number of nitrogens with one attached hydrogen (secondary N) is 1. The highest BCUT2D eigenvalue weighted by Crippen LogP contribution is 2.28. The van der Waals surface area contributed by atoms with Crippen LogP contribution in [0.3, 0.4) is 0 Å². The third kappa shape index (κ3) is 2.73. The van der Waals surface area contributed by atoms with E-state index in [1.54, 1.807) is 24.4 Å². The molecule has 26 heavy (non-hydrogen) atoms. The van der Waals surface area contributed by atoms with Crippen molar-refractivity contribution in [3.63, 3.8) is 0 Å². The summed E-state index contributed by atoms with van der Waals surface area (Å²) < 4.78 is 39.9. The topological polar surface area (TPSA) is 63.6 Å². The number of fused-ring (bicyclic) bond motifs is 3. The fourth-order valence-electron chi connectivity index (χ4n) is 3.06. The van der Waals surface area contributed by atoms with Gasteiger partial charge in [-0.15, -0.1) is 0 Å². The van der Waals surface area contributed by atoms with E-state index in [2.05, 4.69) is 15.2 Å². The number of alkyl halides is 3. The zero-order chi connectivity index (χ0) is 18.5. The lowest BCUT2D eigenvalue weighted by atomic mass is 10.1. The Morgan fingerprint density at radius 3 is 2.69 bits per heavy atom. The SMILES string of the molecule is Cc1ccnc(-c2ccc3c4[nH]ncc4c(=O)n(CC(F)(F)F)c3c2)c1. The summed E-state index contributed by atoms with van der Waals surface area (Å²) in [7, 11) is 0. The summed E-state index contributed by atoms with van der Waals surface area (Å²) in [6.07, 6.45) is -1.64. The minimum Gasteiger partial charge on any atom is -0.298 e. The van der Waals surface area contributed by atoms with Gasteiger partial charge in [-0.1, -0.05) is 12.1 Å². The summed E-state index contributed by atoms with van der Waals surface area (Å²) in [6, 6.07) is 8.68. The number of halogens is 3. The van der Waals surface area contributed by atoms with Gasteiger partial charge in [-0.2, -0.15) is 18.3 Å². The first kappa shape index (κ1) is 16.3. The number of H-pyrrole nitrogens is 1. The molecule has 1 aromatic carbocycles. The van der Waals surface area contributed by atoms with Gasteiger partial charge < -0.3 is 0 Å². The summed E-state index contributed by atoms with van der Waals surface area (Å²) in [5, 5.41) is 7.14. The minimum atomic E-state index is -4.52. The summed E-state index contributed by atoms with van der Waals surface area (Å²) in [6.45, 7) is 0.536. The molecular formula is C18H13F3N4O. The molecule has 4 rings (SSSR count). The molecule has 0 saturated carbocycles. The molecule has 3 heterocycles. The largest absolute Gasteiger partial charge is 0.406 e. The van der Waals surface area contributed by atoms with Crippen LogP contribution in [0.2, 0.25) is 0 Å². The predicted molar refractivity (Wildman–Crippen MR) is 91.9 cm³/mol. The molecule has 0 saturated heterocycles. The van der Waals surface area contributed by atoms with Crippen molar-refractivity contribution in [1.82, 2.24) is 19.7 Å². The molecule has 4 aromatic rings. The lowest BCUT2D eigenvalue weighted by molar-refractivity contribution is -0.140. The summed E-state index contributed by atoms with van der Waals surface area (Å²) >= 11 is 0. The maximum atomic E-state index is 13.1. The number of aromatic amines is 1. The predicted octanol–water partition coefficient (Wildman–Crippen LogP) is 3.81. The number of aryl methyl sites for hydroxylation is 1. The molecule has 0 aliphatic carbocycles. The summed E-state index contributed by atoms with van der Waals surface area (Å²) in [5.74, 6) is 0. The van der Waals surface area contributed by atoms with Crippen molar-refractivity contribution in [2.45, 2.75) is 19.6 Å². The molecule has 3 aromatic heterocycles. The van der Waals surface area contributed by atoms with Gasteiger partial charge in [0.05, 0.1) is 28.3 Å². The molecule has 1 N–H and O–H groups in total. The Labute approximate surface area is 145 Å². The molecule has 0 atom stereocenters. The third-order valence-corrected chi connectivity index (χ3v) is 4.22. The van der Waals surface area contributed by atoms with Gasteiger partial charge in [0.15, 0.2) is 0 Å². The number of rotatable bonds is 2. The Bertz CT molecular complexity index is 1190. The van der Waals surface area contributed by atoms with E-state index in [0.29, 0.717) is 22.2 Å². The van der Waals surface area contributed by atoms with E-state index >= 15 is 0 Å². The second kappa shape index (κ2) is 5.69. The molecule has 8 heteroatoms. The minimum absolute atomic E-state index is 0.128. The van der Waals surface area contributed by atoms with Crippen molar-refractivity contribution in [2.24, 2.45) is 0 Å². The van der Waals surface area contributed by atoms with Crippen molar-refractivity contribution in [1.29, 1.82) is 0 Å². The number of benzene rings is 1. The second-order valence-electron chi connectivity index (χ2n) is 6.12. The Kier molecular flexibility index (Phi) is 3.57.